The Bertz CT molecular complexity index is 505. The third-order valence-electron chi connectivity index (χ3n) is 2.05. The van der Waals surface area contributed by atoms with Gasteiger partial charge in [0.15, 0.2) is 5.17 Å². The molecule has 0 saturated carbocycles. The van der Waals surface area contributed by atoms with Crippen LogP contribution in [0.2, 0.25) is 10.0 Å². The van der Waals surface area contributed by atoms with Gasteiger partial charge in [-0.25, -0.2) is 4.99 Å². The van der Waals surface area contributed by atoms with Crippen molar-refractivity contribution in [3.05, 3.63) is 28.2 Å². The second kappa shape index (κ2) is 8.95. The van der Waals surface area contributed by atoms with E-state index >= 15 is 0 Å². The van der Waals surface area contributed by atoms with E-state index in [1.165, 1.54) is 11.8 Å². The Balaban J connectivity index is 0.00000361. The SMILES string of the molecule is CN(C)C(=S)S/C(=N/c1ccc(Cl)c(Cl)c1)N(C)C.Cl. The molecule has 0 spiro atoms. The van der Waals surface area contributed by atoms with Crippen LogP contribution in [0.25, 0.3) is 0 Å². The summed E-state index contributed by atoms with van der Waals surface area (Å²) >= 11 is 18.6. The first-order chi connectivity index (χ1) is 8.81. The topological polar surface area (TPSA) is 18.8 Å². The van der Waals surface area contributed by atoms with Crippen LogP contribution in [0.1, 0.15) is 0 Å². The number of thiocarbonyl (C=S) groups is 1. The molecule has 0 unspecified atom stereocenters. The number of hydrogen-bond donors (Lipinski definition) is 0. The molecular formula is C12H16Cl3N3S2. The molecule has 0 bridgehead atoms. The number of rotatable bonds is 1. The van der Waals surface area contributed by atoms with Crippen LogP contribution in [-0.4, -0.2) is 47.5 Å². The van der Waals surface area contributed by atoms with Gasteiger partial charge >= 0.3 is 0 Å². The van der Waals surface area contributed by atoms with Crippen molar-refractivity contribution in [3.63, 3.8) is 0 Å². The van der Waals surface area contributed by atoms with E-state index in [1.807, 2.05) is 44.1 Å². The molecule has 0 N–H and O–H groups in total. The Hall–Kier alpha value is -0.200. The number of hydrogen-bond acceptors (Lipinski definition) is 3. The lowest BCUT2D eigenvalue weighted by Crippen LogP contribution is -2.24. The number of aliphatic imine (C=N–C) groups is 1. The predicted octanol–water partition coefficient (Wildman–Crippen LogP) is 4.54. The standard InChI is InChI=1S/C12H15Cl2N3S2.ClH/c1-16(2)11(19-12(18)17(3)4)15-8-5-6-9(13)10(14)7-8;/h5-7H,1-4H3;1H/b15-11+;. The molecule has 0 aliphatic carbocycles. The van der Waals surface area contributed by atoms with E-state index in [2.05, 4.69) is 4.99 Å². The van der Waals surface area contributed by atoms with Gasteiger partial charge in [-0.2, -0.15) is 0 Å². The van der Waals surface area contributed by atoms with Crippen molar-refractivity contribution in [1.29, 1.82) is 0 Å². The van der Waals surface area contributed by atoms with Gasteiger partial charge in [0, 0.05) is 28.2 Å². The van der Waals surface area contributed by atoms with Crippen molar-refractivity contribution in [2.24, 2.45) is 4.99 Å². The third kappa shape index (κ3) is 6.06. The molecule has 0 saturated heterocycles. The highest BCUT2D eigenvalue weighted by Crippen LogP contribution is 2.27. The number of amidine groups is 1. The van der Waals surface area contributed by atoms with Crippen molar-refractivity contribution in [2.45, 2.75) is 0 Å². The first-order valence-corrected chi connectivity index (χ1v) is 7.39. The number of nitrogens with zero attached hydrogens (tertiary/aromatic N) is 3. The number of halogens is 3. The Kier molecular flexibility index (Phi) is 8.86. The second-order valence-electron chi connectivity index (χ2n) is 4.15. The zero-order valence-corrected chi connectivity index (χ0v) is 15.5. The van der Waals surface area contributed by atoms with Crippen LogP contribution < -0.4 is 0 Å². The van der Waals surface area contributed by atoms with E-state index in [9.17, 15) is 0 Å². The smallest absolute Gasteiger partial charge is 0.170 e. The Morgan fingerprint density at radius 3 is 2.15 bits per heavy atom. The summed E-state index contributed by atoms with van der Waals surface area (Å²) in [5, 5.41) is 1.79. The normalized spacial score (nSPS) is 10.8. The zero-order chi connectivity index (χ0) is 14.6. The van der Waals surface area contributed by atoms with Gasteiger partial charge in [-0.05, 0) is 30.0 Å². The third-order valence-corrected chi connectivity index (χ3v) is 4.59. The van der Waals surface area contributed by atoms with E-state index in [0.717, 1.165) is 15.2 Å². The van der Waals surface area contributed by atoms with Gasteiger partial charge < -0.3 is 9.80 Å². The zero-order valence-electron chi connectivity index (χ0n) is 11.6. The second-order valence-corrected chi connectivity index (χ2v) is 6.57. The Morgan fingerprint density at radius 2 is 1.70 bits per heavy atom. The van der Waals surface area contributed by atoms with Crippen molar-refractivity contribution in [2.75, 3.05) is 28.2 Å². The predicted molar refractivity (Wildman–Crippen MR) is 98.4 cm³/mol. The lowest BCUT2D eigenvalue weighted by Gasteiger charge is -2.18. The molecule has 3 nitrogen and oxygen atoms in total. The van der Waals surface area contributed by atoms with Crippen molar-refractivity contribution in [3.8, 4) is 0 Å². The van der Waals surface area contributed by atoms with Crippen LogP contribution in [0.15, 0.2) is 23.2 Å². The highest BCUT2D eigenvalue weighted by atomic mass is 35.5. The molecular weight excluding hydrogens is 357 g/mol. The highest BCUT2D eigenvalue weighted by Gasteiger charge is 2.10. The molecule has 0 amide bonds. The lowest BCUT2D eigenvalue weighted by atomic mass is 10.3. The minimum Gasteiger partial charge on any atom is -0.363 e. The molecule has 112 valence electrons. The van der Waals surface area contributed by atoms with Crippen molar-refractivity contribution in [1.82, 2.24) is 9.80 Å². The fourth-order valence-corrected chi connectivity index (χ4v) is 2.24. The number of benzene rings is 1. The molecule has 0 atom stereocenters. The summed E-state index contributed by atoms with van der Waals surface area (Å²) in [7, 11) is 7.65. The molecule has 1 aromatic carbocycles. The monoisotopic (exact) mass is 371 g/mol. The van der Waals surface area contributed by atoms with Gasteiger partial charge in [0.1, 0.15) is 4.32 Å². The van der Waals surface area contributed by atoms with Crippen LogP contribution in [-0.2, 0) is 0 Å². The molecule has 8 heteroatoms. The maximum absolute atomic E-state index is 5.98. The average Bonchev–Trinajstić information content (AvgIpc) is 2.32. The van der Waals surface area contributed by atoms with E-state index in [1.54, 1.807) is 12.1 Å². The minimum absolute atomic E-state index is 0. The van der Waals surface area contributed by atoms with Gasteiger partial charge in [-0.15, -0.1) is 12.4 Å². The molecule has 0 fully saturated rings. The summed E-state index contributed by atoms with van der Waals surface area (Å²) in [5.74, 6) is 0. The molecule has 0 aromatic heterocycles. The quantitative estimate of drug-likeness (QED) is 0.409. The van der Waals surface area contributed by atoms with E-state index in [-0.39, 0.29) is 12.4 Å². The first-order valence-electron chi connectivity index (χ1n) is 5.41. The highest BCUT2D eigenvalue weighted by molar-refractivity contribution is 8.32. The Morgan fingerprint density at radius 1 is 1.10 bits per heavy atom. The van der Waals surface area contributed by atoms with E-state index in [0.29, 0.717) is 10.0 Å². The Labute approximate surface area is 145 Å². The van der Waals surface area contributed by atoms with Gasteiger partial charge in [-0.3, -0.25) is 0 Å². The van der Waals surface area contributed by atoms with E-state index in [4.69, 9.17) is 35.4 Å². The summed E-state index contributed by atoms with van der Waals surface area (Å²) in [6.45, 7) is 0. The lowest BCUT2D eigenvalue weighted by molar-refractivity contribution is 0.634. The summed E-state index contributed by atoms with van der Waals surface area (Å²) in [6, 6.07) is 5.27. The van der Waals surface area contributed by atoms with Crippen LogP contribution in [0, 0.1) is 0 Å². The van der Waals surface area contributed by atoms with Gasteiger partial charge in [0.05, 0.1) is 15.7 Å². The fraction of sp³-hybridized carbons (Fsp3) is 0.333. The largest absolute Gasteiger partial charge is 0.363 e. The molecule has 0 aliphatic heterocycles. The van der Waals surface area contributed by atoms with Gasteiger partial charge in [0.2, 0.25) is 0 Å². The maximum atomic E-state index is 5.98. The van der Waals surface area contributed by atoms with Crippen molar-refractivity contribution >= 4 is 74.8 Å². The van der Waals surface area contributed by atoms with Crippen LogP contribution in [0.4, 0.5) is 5.69 Å². The van der Waals surface area contributed by atoms with Crippen LogP contribution in [0.3, 0.4) is 0 Å². The fourth-order valence-electron chi connectivity index (χ4n) is 1.05. The maximum Gasteiger partial charge on any atom is 0.170 e. The average molecular weight is 373 g/mol. The van der Waals surface area contributed by atoms with Crippen molar-refractivity contribution < 1.29 is 0 Å². The molecule has 1 rings (SSSR count). The van der Waals surface area contributed by atoms with E-state index < -0.39 is 0 Å². The first kappa shape index (κ1) is 19.8. The summed E-state index contributed by atoms with van der Waals surface area (Å²) in [6.07, 6.45) is 0. The molecule has 0 heterocycles. The van der Waals surface area contributed by atoms with Crippen LogP contribution in [0.5, 0.6) is 0 Å². The van der Waals surface area contributed by atoms with Gasteiger partial charge in [0.25, 0.3) is 0 Å². The summed E-state index contributed by atoms with van der Waals surface area (Å²) in [5.41, 5.74) is 0.743. The van der Waals surface area contributed by atoms with Gasteiger partial charge in [-0.1, -0.05) is 35.4 Å². The molecule has 20 heavy (non-hydrogen) atoms. The number of thioether (sulfide) groups is 1. The molecule has 0 radical (unpaired) electrons. The van der Waals surface area contributed by atoms with Crippen LogP contribution >= 0.6 is 59.6 Å². The molecule has 0 aliphatic rings. The molecule has 1 aromatic rings. The summed E-state index contributed by atoms with van der Waals surface area (Å²) < 4.78 is 0.743. The minimum atomic E-state index is 0. The summed E-state index contributed by atoms with van der Waals surface area (Å²) in [4.78, 5) is 8.31.